The van der Waals surface area contributed by atoms with Gasteiger partial charge in [-0.1, -0.05) is 0 Å². The molecule has 2 rings (SSSR count). The summed E-state index contributed by atoms with van der Waals surface area (Å²) < 4.78 is 6.74. The van der Waals surface area contributed by atoms with Crippen LogP contribution in [0.5, 0.6) is 0 Å². The van der Waals surface area contributed by atoms with Crippen molar-refractivity contribution in [3.63, 3.8) is 0 Å². The van der Waals surface area contributed by atoms with Crippen molar-refractivity contribution in [1.82, 2.24) is 0 Å². The fraction of sp³-hybridized carbons (Fsp3) is 0.0625. The Hall–Kier alpha value is -1.83. The molecule has 0 aliphatic carbocycles. The quantitative estimate of drug-likeness (QED) is 0.491. The van der Waals surface area contributed by atoms with Crippen molar-refractivity contribution in [3.05, 3.63) is 70.7 Å². The van der Waals surface area contributed by atoms with E-state index in [4.69, 9.17) is 4.74 Å². The molecule has 0 radical (unpaired) electrons. The average Bonchev–Trinajstić information content (AvgIpc) is 2.48. The molecule has 0 heterocycles. The van der Waals surface area contributed by atoms with Crippen molar-refractivity contribution in [3.8, 4) is 0 Å². The number of hydrogen-bond donors (Lipinski definition) is 0. The van der Waals surface area contributed by atoms with Crippen LogP contribution in [-0.4, -0.2) is 28.0 Å². The van der Waals surface area contributed by atoms with E-state index in [-0.39, 0.29) is 20.9 Å². The summed E-state index contributed by atoms with van der Waals surface area (Å²) in [6.07, 6.45) is 1.90. The van der Waals surface area contributed by atoms with Crippen molar-refractivity contribution < 1.29 is 9.53 Å². The SMILES string of the molecule is COC(=O)/C(=C\c1ccccc1)[Se]c1ccccc1. The van der Waals surface area contributed by atoms with Gasteiger partial charge >= 0.3 is 119 Å². The van der Waals surface area contributed by atoms with Gasteiger partial charge in [0.15, 0.2) is 0 Å². The number of benzene rings is 2. The molecule has 19 heavy (non-hydrogen) atoms. The summed E-state index contributed by atoms with van der Waals surface area (Å²) in [6.45, 7) is 0. The van der Waals surface area contributed by atoms with Crippen molar-refractivity contribution in [2.45, 2.75) is 0 Å². The van der Waals surface area contributed by atoms with Crippen LogP contribution in [0.4, 0.5) is 0 Å². The number of esters is 1. The first-order chi connectivity index (χ1) is 9.29. The van der Waals surface area contributed by atoms with E-state index in [0.29, 0.717) is 4.47 Å². The van der Waals surface area contributed by atoms with Crippen LogP contribution in [0, 0.1) is 0 Å². The van der Waals surface area contributed by atoms with Gasteiger partial charge in [-0.25, -0.2) is 0 Å². The molecule has 0 aliphatic rings. The maximum absolute atomic E-state index is 11.8. The standard InChI is InChI=1S/C16H14O2Se/c1-18-16(17)15(12-13-8-4-2-5-9-13)19-14-10-6-3-7-11-14/h2-12H,1H3/b15-12+. The summed E-state index contributed by atoms with van der Waals surface area (Å²) in [5, 5.41) is 0. The zero-order valence-electron chi connectivity index (χ0n) is 10.6. The molecule has 0 N–H and O–H groups in total. The van der Waals surface area contributed by atoms with Gasteiger partial charge < -0.3 is 0 Å². The molecule has 2 aromatic carbocycles. The van der Waals surface area contributed by atoms with Gasteiger partial charge in [-0.15, -0.1) is 0 Å². The van der Waals surface area contributed by atoms with Crippen LogP contribution in [0.25, 0.3) is 6.08 Å². The average molecular weight is 317 g/mol. The molecule has 0 saturated carbocycles. The van der Waals surface area contributed by atoms with E-state index in [1.807, 2.05) is 66.7 Å². The van der Waals surface area contributed by atoms with E-state index in [2.05, 4.69) is 0 Å². The molecule has 0 unspecified atom stereocenters. The van der Waals surface area contributed by atoms with E-state index in [0.717, 1.165) is 10.0 Å². The van der Waals surface area contributed by atoms with Crippen LogP contribution in [0.2, 0.25) is 0 Å². The Morgan fingerprint density at radius 3 is 2.16 bits per heavy atom. The van der Waals surface area contributed by atoms with Crippen LogP contribution in [0.3, 0.4) is 0 Å². The second-order valence-electron chi connectivity index (χ2n) is 3.83. The van der Waals surface area contributed by atoms with Crippen molar-refractivity contribution >= 4 is 31.5 Å². The fourth-order valence-electron chi connectivity index (χ4n) is 1.55. The van der Waals surface area contributed by atoms with Crippen molar-refractivity contribution in [2.75, 3.05) is 7.11 Å². The molecule has 0 aliphatic heterocycles. The van der Waals surface area contributed by atoms with Gasteiger partial charge in [0.05, 0.1) is 0 Å². The predicted octanol–water partition coefficient (Wildman–Crippen LogP) is 2.23. The number of carbonyl (C=O) groups excluding carboxylic acids is 1. The van der Waals surface area contributed by atoms with Crippen LogP contribution in [0.15, 0.2) is 65.1 Å². The molecule has 2 aromatic rings. The number of ether oxygens (including phenoxy) is 1. The first-order valence-electron chi connectivity index (χ1n) is 5.87. The van der Waals surface area contributed by atoms with Gasteiger partial charge in [0.2, 0.25) is 0 Å². The molecule has 0 spiro atoms. The third-order valence-corrected chi connectivity index (χ3v) is 4.58. The zero-order valence-corrected chi connectivity index (χ0v) is 12.3. The summed E-state index contributed by atoms with van der Waals surface area (Å²) in [5.74, 6) is -0.257. The number of rotatable bonds is 4. The van der Waals surface area contributed by atoms with Crippen LogP contribution in [-0.2, 0) is 9.53 Å². The van der Waals surface area contributed by atoms with Gasteiger partial charge in [0.25, 0.3) is 0 Å². The molecule has 0 amide bonds. The molecule has 0 saturated heterocycles. The molecular weight excluding hydrogens is 303 g/mol. The Morgan fingerprint density at radius 1 is 1.00 bits per heavy atom. The second kappa shape index (κ2) is 6.93. The monoisotopic (exact) mass is 318 g/mol. The Kier molecular flexibility index (Phi) is 4.96. The molecule has 0 aromatic heterocycles. The Balaban J connectivity index is 2.27. The second-order valence-corrected chi connectivity index (χ2v) is 6.17. The molecule has 96 valence electrons. The number of carbonyl (C=O) groups is 1. The molecule has 2 nitrogen and oxygen atoms in total. The first-order valence-corrected chi connectivity index (χ1v) is 7.59. The Labute approximate surface area is 119 Å². The molecular formula is C16H14O2Se. The van der Waals surface area contributed by atoms with Crippen LogP contribution < -0.4 is 4.46 Å². The van der Waals surface area contributed by atoms with Gasteiger partial charge in [-0.3, -0.25) is 0 Å². The molecule has 0 atom stereocenters. The summed E-state index contributed by atoms with van der Waals surface area (Å²) in [7, 11) is 1.42. The van der Waals surface area contributed by atoms with Gasteiger partial charge in [-0.2, -0.15) is 0 Å². The van der Waals surface area contributed by atoms with Crippen LogP contribution >= 0.6 is 0 Å². The van der Waals surface area contributed by atoms with Crippen molar-refractivity contribution in [2.24, 2.45) is 0 Å². The Bertz CT molecular complexity index is 562. The van der Waals surface area contributed by atoms with E-state index in [9.17, 15) is 4.79 Å². The van der Waals surface area contributed by atoms with Crippen LogP contribution in [0.1, 0.15) is 5.56 Å². The normalized spacial score (nSPS) is 11.1. The zero-order chi connectivity index (χ0) is 13.5. The Morgan fingerprint density at radius 2 is 1.58 bits per heavy atom. The van der Waals surface area contributed by atoms with Gasteiger partial charge in [0, 0.05) is 0 Å². The van der Waals surface area contributed by atoms with E-state index in [1.165, 1.54) is 7.11 Å². The van der Waals surface area contributed by atoms with E-state index >= 15 is 0 Å². The third kappa shape index (κ3) is 4.09. The van der Waals surface area contributed by atoms with E-state index in [1.54, 1.807) is 0 Å². The summed E-state index contributed by atoms with van der Waals surface area (Å²) in [5.41, 5.74) is 1.01. The minimum atomic E-state index is -0.257. The van der Waals surface area contributed by atoms with Crippen molar-refractivity contribution in [1.29, 1.82) is 0 Å². The van der Waals surface area contributed by atoms with E-state index < -0.39 is 0 Å². The maximum atomic E-state index is 11.8. The van der Waals surface area contributed by atoms with Gasteiger partial charge in [-0.05, 0) is 0 Å². The third-order valence-electron chi connectivity index (χ3n) is 2.45. The molecule has 0 fully saturated rings. The fourth-order valence-corrected chi connectivity index (χ4v) is 3.45. The summed E-state index contributed by atoms with van der Waals surface area (Å²) in [6, 6.07) is 19.8. The molecule has 3 heteroatoms. The van der Waals surface area contributed by atoms with Gasteiger partial charge in [0.1, 0.15) is 0 Å². The summed E-state index contributed by atoms with van der Waals surface area (Å²) in [4.78, 5) is 11.8. The first kappa shape index (κ1) is 13.6. The molecule has 0 bridgehead atoms. The minimum absolute atomic E-state index is 0.0514. The number of hydrogen-bond acceptors (Lipinski definition) is 2. The summed E-state index contributed by atoms with van der Waals surface area (Å²) >= 11 is -0.0514. The topological polar surface area (TPSA) is 26.3 Å². The number of methoxy groups -OCH3 is 1. The predicted molar refractivity (Wildman–Crippen MR) is 78.3 cm³/mol.